The average molecular weight is 228 g/mol. The largest absolute Gasteiger partial charge is 0.376 e. The molecule has 0 radical (unpaired) electrons. The van der Waals surface area contributed by atoms with E-state index in [2.05, 4.69) is 10.2 Å². The van der Waals surface area contributed by atoms with E-state index in [1.54, 1.807) is 6.92 Å². The summed E-state index contributed by atoms with van der Waals surface area (Å²) in [5.74, 6) is 0.276. The van der Waals surface area contributed by atoms with Gasteiger partial charge in [-0.15, -0.1) is 0 Å². The summed E-state index contributed by atoms with van der Waals surface area (Å²) in [4.78, 5) is 13.3. The van der Waals surface area contributed by atoms with E-state index >= 15 is 0 Å². The molecular formula is C12H24N2O2. The number of likely N-dealkylation sites (tertiary alicyclic amines) is 1. The second-order valence-electron chi connectivity index (χ2n) is 4.49. The zero-order chi connectivity index (χ0) is 11.8. The Morgan fingerprint density at radius 3 is 3.06 bits per heavy atom. The molecule has 0 saturated carbocycles. The van der Waals surface area contributed by atoms with Gasteiger partial charge in [-0.05, 0) is 33.4 Å². The number of piperidine rings is 1. The third-order valence-electron chi connectivity index (χ3n) is 2.95. The second kappa shape index (κ2) is 7.76. The van der Waals surface area contributed by atoms with Crippen LogP contribution in [0.25, 0.3) is 0 Å². The first-order valence-corrected chi connectivity index (χ1v) is 6.20. The van der Waals surface area contributed by atoms with Crippen molar-refractivity contribution in [2.24, 2.45) is 0 Å². The molecule has 16 heavy (non-hydrogen) atoms. The van der Waals surface area contributed by atoms with Gasteiger partial charge in [0.05, 0.1) is 12.7 Å². The van der Waals surface area contributed by atoms with Crippen molar-refractivity contribution in [2.45, 2.75) is 32.3 Å². The monoisotopic (exact) mass is 228 g/mol. The molecule has 4 nitrogen and oxygen atoms in total. The van der Waals surface area contributed by atoms with Crippen molar-refractivity contribution in [3.8, 4) is 0 Å². The molecule has 4 heteroatoms. The van der Waals surface area contributed by atoms with Crippen LogP contribution in [0.4, 0.5) is 0 Å². The van der Waals surface area contributed by atoms with Crippen LogP contribution < -0.4 is 5.32 Å². The number of likely N-dealkylation sites (N-methyl/N-ethyl adjacent to an activating group) is 1. The number of ether oxygens (including phenoxy) is 1. The van der Waals surface area contributed by atoms with Gasteiger partial charge in [-0.25, -0.2) is 0 Å². The Kier molecular flexibility index (Phi) is 6.61. The maximum absolute atomic E-state index is 10.9. The highest BCUT2D eigenvalue weighted by molar-refractivity contribution is 5.75. The average Bonchev–Trinajstić information content (AvgIpc) is 2.27. The van der Waals surface area contributed by atoms with E-state index in [1.807, 2.05) is 7.05 Å². The summed E-state index contributed by atoms with van der Waals surface area (Å²) in [6, 6.07) is 0. The fourth-order valence-electron chi connectivity index (χ4n) is 2.00. The molecule has 1 aliphatic rings. The summed E-state index contributed by atoms with van der Waals surface area (Å²) >= 11 is 0. The molecule has 1 rings (SSSR count). The number of Topliss-reactive ketones (excluding diaryl/α,β-unsaturated/α-hetero) is 1. The first-order valence-electron chi connectivity index (χ1n) is 6.20. The molecule has 0 aromatic carbocycles. The summed E-state index contributed by atoms with van der Waals surface area (Å²) in [7, 11) is 1.93. The van der Waals surface area contributed by atoms with Crippen molar-refractivity contribution < 1.29 is 9.53 Å². The fraction of sp³-hybridized carbons (Fsp3) is 0.917. The standard InChI is InChI=1S/C12H24N2O2/c1-11(15)5-8-14-7-3-4-12(10-14)16-9-6-13-2/h12-13H,3-10H2,1-2H3. The number of rotatable bonds is 7. The number of hydrogen-bond acceptors (Lipinski definition) is 4. The highest BCUT2D eigenvalue weighted by Gasteiger charge is 2.19. The van der Waals surface area contributed by atoms with Gasteiger partial charge in [-0.2, -0.15) is 0 Å². The van der Waals surface area contributed by atoms with E-state index in [0.717, 1.165) is 39.2 Å². The summed E-state index contributed by atoms with van der Waals surface area (Å²) in [5, 5.41) is 3.08. The maximum Gasteiger partial charge on any atom is 0.131 e. The minimum atomic E-state index is 0.276. The van der Waals surface area contributed by atoms with E-state index < -0.39 is 0 Å². The van der Waals surface area contributed by atoms with Crippen LogP contribution in [-0.4, -0.2) is 56.6 Å². The molecule has 0 bridgehead atoms. The minimum Gasteiger partial charge on any atom is -0.376 e. The van der Waals surface area contributed by atoms with E-state index in [0.29, 0.717) is 12.5 Å². The van der Waals surface area contributed by atoms with Crippen LogP contribution in [0, 0.1) is 0 Å². The number of ketones is 1. The summed E-state index contributed by atoms with van der Waals surface area (Å²) in [6.07, 6.45) is 3.36. The number of nitrogens with one attached hydrogen (secondary N) is 1. The van der Waals surface area contributed by atoms with Crippen LogP contribution in [0.15, 0.2) is 0 Å². The minimum absolute atomic E-state index is 0.276. The van der Waals surface area contributed by atoms with Gasteiger partial charge in [-0.1, -0.05) is 0 Å². The predicted molar refractivity (Wildman–Crippen MR) is 64.6 cm³/mol. The lowest BCUT2D eigenvalue weighted by molar-refractivity contribution is -0.117. The predicted octanol–water partition coefficient (Wildman–Crippen LogP) is 0.666. The van der Waals surface area contributed by atoms with Crippen molar-refractivity contribution in [1.82, 2.24) is 10.2 Å². The Morgan fingerprint density at radius 1 is 1.56 bits per heavy atom. The van der Waals surface area contributed by atoms with Gasteiger partial charge in [0.2, 0.25) is 0 Å². The maximum atomic E-state index is 10.9. The Balaban J connectivity index is 2.16. The molecule has 0 aromatic rings. The van der Waals surface area contributed by atoms with E-state index in [1.165, 1.54) is 6.42 Å². The van der Waals surface area contributed by atoms with Gasteiger partial charge < -0.3 is 15.0 Å². The van der Waals surface area contributed by atoms with Crippen LogP contribution in [0.3, 0.4) is 0 Å². The molecule has 94 valence electrons. The molecule has 1 aliphatic heterocycles. The Hall–Kier alpha value is -0.450. The highest BCUT2D eigenvalue weighted by atomic mass is 16.5. The third-order valence-corrected chi connectivity index (χ3v) is 2.95. The van der Waals surface area contributed by atoms with Gasteiger partial charge in [0.25, 0.3) is 0 Å². The Labute approximate surface area is 98.3 Å². The van der Waals surface area contributed by atoms with Gasteiger partial charge in [-0.3, -0.25) is 4.79 Å². The summed E-state index contributed by atoms with van der Waals surface area (Å²) in [5.41, 5.74) is 0. The second-order valence-corrected chi connectivity index (χ2v) is 4.49. The molecule has 0 aliphatic carbocycles. The van der Waals surface area contributed by atoms with Crippen molar-refractivity contribution in [3.63, 3.8) is 0 Å². The lowest BCUT2D eigenvalue weighted by Crippen LogP contribution is -2.41. The molecule has 1 atom stereocenters. The number of carbonyl (C=O) groups is 1. The SMILES string of the molecule is CNCCOC1CCCN(CCC(C)=O)C1. The molecule has 1 fully saturated rings. The van der Waals surface area contributed by atoms with Crippen molar-refractivity contribution in [2.75, 3.05) is 39.8 Å². The van der Waals surface area contributed by atoms with Crippen molar-refractivity contribution >= 4 is 5.78 Å². The fourth-order valence-corrected chi connectivity index (χ4v) is 2.00. The molecular weight excluding hydrogens is 204 g/mol. The summed E-state index contributed by atoms with van der Waals surface area (Å²) in [6.45, 7) is 6.33. The highest BCUT2D eigenvalue weighted by Crippen LogP contribution is 2.13. The van der Waals surface area contributed by atoms with Gasteiger partial charge >= 0.3 is 0 Å². The molecule has 1 saturated heterocycles. The Morgan fingerprint density at radius 2 is 2.38 bits per heavy atom. The first-order chi connectivity index (χ1) is 7.72. The van der Waals surface area contributed by atoms with Crippen LogP contribution in [0.2, 0.25) is 0 Å². The lowest BCUT2D eigenvalue weighted by atomic mass is 10.1. The third kappa shape index (κ3) is 5.58. The van der Waals surface area contributed by atoms with E-state index in [4.69, 9.17) is 4.74 Å². The molecule has 0 aromatic heterocycles. The molecule has 1 N–H and O–H groups in total. The molecule has 1 unspecified atom stereocenters. The topological polar surface area (TPSA) is 41.6 Å². The van der Waals surface area contributed by atoms with Gasteiger partial charge in [0.1, 0.15) is 5.78 Å². The molecule has 0 amide bonds. The number of nitrogens with zero attached hydrogens (tertiary/aromatic N) is 1. The number of carbonyl (C=O) groups excluding carboxylic acids is 1. The smallest absolute Gasteiger partial charge is 0.131 e. The molecule has 0 spiro atoms. The van der Waals surface area contributed by atoms with Crippen molar-refractivity contribution in [3.05, 3.63) is 0 Å². The van der Waals surface area contributed by atoms with Crippen LogP contribution in [0.1, 0.15) is 26.2 Å². The van der Waals surface area contributed by atoms with Crippen LogP contribution >= 0.6 is 0 Å². The molecule has 1 heterocycles. The first kappa shape index (κ1) is 13.6. The lowest BCUT2D eigenvalue weighted by Gasteiger charge is -2.32. The zero-order valence-corrected chi connectivity index (χ0v) is 10.5. The zero-order valence-electron chi connectivity index (χ0n) is 10.5. The van der Waals surface area contributed by atoms with E-state index in [-0.39, 0.29) is 5.78 Å². The normalized spacial score (nSPS) is 22.2. The Bertz CT molecular complexity index is 209. The van der Waals surface area contributed by atoms with Gasteiger partial charge in [0.15, 0.2) is 0 Å². The van der Waals surface area contributed by atoms with Crippen LogP contribution in [-0.2, 0) is 9.53 Å². The number of hydrogen-bond donors (Lipinski definition) is 1. The van der Waals surface area contributed by atoms with E-state index in [9.17, 15) is 4.79 Å². The van der Waals surface area contributed by atoms with Gasteiger partial charge in [0, 0.05) is 26.1 Å². The quantitative estimate of drug-likeness (QED) is 0.650. The van der Waals surface area contributed by atoms with Crippen molar-refractivity contribution in [1.29, 1.82) is 0 Å². The van der Waals surface area contributed by atoms with Crippen LogP contribution in [0.5, 0.6) is 0 Å². The summed E-state index contributed by atoms with van der Waals surface area (Å²) < 4.78 is 5.77.